The molecular weight excluding hydrogens is 308 g/mol. The van der Waals surface area contributed by atoms with Gasteiger partial charge in [-0.1, -0.05) is 11.6 Å². The second-order valence-corrected chi connectivity index (χ2v) is 7.42. The van der Waals surface area contributed by atoms with Crippen molar-refractivity contribution >= 4 is 28.8 Å². The van der Waals surface area contributed by atoms with Gasteiger partial charge in [-0.3, -0.25) is 9.69 Å². The first-order chi connectivity index (χ1) is 10.1. The van der Waals surface area contributed by atoms with Gasteiger partial charge in [0.15, 0.2) is 0 Å². The maximum absolute atomic E-state index is 12.0. The first-order valence-electron chi connectivity index (χ1n) is 7.26. The zero-order chi connectivity index (χ0) is 14.8. The minimum atomic E-state index is -0.698. The topological polar surface area (TPSA) is 52.6 Å². The molecule has 0 saturated carbocycles. The number of nitrogens with one attached hydrogen (secondary N) is 1. The summed E-state index contributed by atoms with van der Waals surface area (Å²) in [6, 6.07) is 3.54. The molecule has 1 atom stereocenters. The third-order valence-corrected chi connectivity index (χ3v) is 5.56. The van der Waals surface area contributed by atoms with Crippen LogP contribution < -0.4 is 5.32 Å². The number of nitrogens with zero attached hydrogens (tertiary/aromatic N) is 1. The first-order valence-corrected chi connectivity index (χ1v) is 8.45. The van der Waals surface area contributed by atoms with Crippen molar-refractivity contribution in [3.8, 4) is 0 Å². The molecule has 0 aromatic carbocycles. The summed E-state index contributed by atoms with van der Waals surface area (Å²) >= 11 is 7.17. The molecule has 3 saturated heterocycles. The summed E-state index contributed by atoms with van der Waals surface area (Å²) in [6.07, 6.45) is 3.35. The Morgan fingerprint density at radius 3 is 2.86 bits per heavy atom. The summed E-state index contributed by atoms with van der Waals surface area (Å²) in [5.41, 5.74) is 1.23. The SMILES string of the molecule is O=C(/C=C1/CN2CCC1CC2)NCC(O)c1ccc(Cl)s1. The van der Waals surface area contributed by atoms with Crippen LogP contribution in [0, 0.1) is 5.92 Å². The fourth-order valence-electron chi connectivity index (χ4n) is 3.04. The molecule has 1 amide bonds. The van der Waals surface area contributed by atoms with E-state index in [9.17, 15) is 9.90 Å². The van der Waals surface area contributed by atoms with E-state index >= 15 is 0 Å². The van der Waals surface area contributed by atoms with Gasteiger partial charge in [0.05, 0.1) is 4.34 Å². The van der Waals surface area contributed by atoms with Crippen molar-refractivity contribution in [2.45, 2.75) is 18.9 Å². The Hall–Kier alpha value is -0.880. The van der Waals surface area contributed by atoms with Crippen LogP contribution in [-0.2, 0) is 4.79 Å². The Morgan fingerprint density at radius 2 is 2.29 bits per heavy atom. The lowest BCUT2D eigenvalue weighted by molar-refractivity contribution is -0.117. The first kappa shape index (κ1) is 15.0. The Balaban J connectivity index is 1.52. The van der Waals surface area contributed by atoms with Crippen LogP contribution >= 0.6 is 22.9 Å². The van der Waals surface area contributed by atoms with Gasteiger partial charge in [-0.05, 0) is 49.6 Å². The number of aliphatic hydroxyl groups is 1. The summed E-state index contributed by atoms with van der Waals surface area (Å²) in [5.74, 6) is 0.460. The maximum atomic E-state index is 12.0. The lowest BCUT2D eigenvalue weighted by Crippen LogP contribution is -2.43. The molecule has 1 aromatic rings. The molecule has 6 heteroatoms. The van der Waals surface area contributed by atoms with E-state index in [2.05, 4.69) is 10.2 Å². The van der Waals surface area contributed by atoms with E-state index in [1.54, 1.807) is 18.2 Å². The van der Waals surface area contributed by atoms with E-state index in [4.69, 9.17) is 11.6 Å². The van der Waals surface area contributed by atoms with Crippen molar-refractivity contribution in [2.75, 3.05) is 26.2 Å². The van der Waals surface area contributed by atoms with E-state index in [-0.39, 0.29) is 12.5 Å². The van der Waals surface area contributed by atoms with Crippen molar-refractivity contribution in [1.82, 2.24) is 10.2 Å². The smallest absolute Gasteiger partial charge is 0.244 e. The Morgan fingerprint density at radius 1 is 1.52 bits per heavy atom. The van der Waals surface area contributed by atoms with E-state index in [1.807, 2.05) is 0 Å². The van der Waals surface area contributed by atoms with E-state index in [0.29, 0.717) is 10.3 Å². The van der Waals surface area contributed by atoms with E-state index < -0.39 is 6.10 Å². The third kappa shape index (κ3) is 3.66. The van der Waals surface area contributed by atoms with Crippen LogP contribution in [0.25, 0.3) is 0 Å². The fourth-order valence-corrected chi connectivity index (χ4v) is 4.08. The van der Waals surface area contributed by atoms with E-state index in [0.717, 1.165) is 37.4 Å². The van der Waals surface area contributed by atoms with Gasteiger partial charge in [-0.25, -0.2) is 0 Å². The highest BCUT2D eigenvalue weighted by molar-refractivity contribution is 7.16. The van der Waals surface area contributed by atoms with Crippen LogP contribution in [0.5, 0.6) is 0 Å². The third-order valence-electron chi connectivity index (χ3n) is 4.23. The number of aliphatic hydroxyl groups excluding tert-OH is 1. The fraction of sp³-hybridized carbons (Fsp3) is 0.533. The van der Waals surface area contributed by atoms with Crippen molar-refractivity contribution < 1.29 is 9.90 Å². The van der Waals surface area contributed by atoms with Crippen LogP contribution in [0.2, 0.25) is 4.34 Å². The highest BCUT2D eigenvalue weighted by Gasteiger charge is 2.29. The molecule has 4 rings (SSSR count). The van der Waals surface area contributed by atoms with Crippen LogP contribution in [0.1, 0.15) is 23.8 Å². The van der Waals surface area contributed by atoms with Crippen molar-refractivity contribution in [3.63, 3.8) is 0 Å². The highest BCUT2D eigenvalue weighted by atomic mass is 35.5. The van der Waals surface area contributed by atoms with Crippen molar-refractivity contribution in [1.29, 1.82) is 0 Å². The molecular formula is C15H19ClN2O2S. The summed E-state index contributed by atoms with van der Waals surface area (Å²) in [6.45, 7) is 3.44. The van der Waals surface area contributed by atoms with Crippen molar-refractivity contribution in [2.24, 2.45) is 5.92 Å². The Kier molecular flexibility index (Phi) is 4.64. The Labute approximate surface area is 133 Å². The quantitative estimate of drug-likeness (QED) is 0.834. The molecule has 2 N–H and O–H groups in total. The van der Waals surface area contributed by atoms with Crippen molar-refractivity contribution in [3.05, 3.63) is 33.0 Å². The number of fused-ring (bicyclic) bond motifs is 3. The van der Waals surface area contributed by atoms with Gasteiger partial charge in [0, 0.05) is 24.0 Å². The lowest BCUT2D eigenvalue weighted by Gasteiger charge is -2.40. The highest BCUT2D eigenvalue weighted by Crippen LogP contribution is 2.31. The molecule has 4 heterocycles. The lowest BCUT2D eigenvalue weighted by atomic mass is 9.83. The molecule has 3 fully saturated rings. The molecule has 1 aromatic heterocycles. The predicted molar refractivity (Wildman–Crippen MR) is 84.5 cm³/mol. The van der Waals surface area contributed by atoms with Crippen LogP contribution in [0.3, 0.4) is 0 Å². The molecule has 21 heavy (non-hydrogen) atoms. The number of carbonyl (C=O) groups excluding carboxylic acids is 1. The molecule has 2 bridgehead atoms. The van der Waals surface area contributed by atoms with Crippen LogP contribution in [0.15, 0.2) is 23.8 Å². The average molecular weight is 327 g/mol. The summed E-state index contributed by atoms with van der Waals surface area (Å²) < 4.78 is 0.643. The minimum absolute atomic E-state index is 0.111. The molecule has 1 unspecified atom stereocenters. The van der Waals surface area contributed by atoms with Crippen LogP contribution in [-0.4, -0.2) is 42.1 Å². The van der Waals surface area contributed by atoms with Gasteiger partial charge in [0.25, 0.3) is 0 Å². The molecule has 0 radical (unpaired) electrons. The van der Waals surface area contributed by atoms with Gasteiger partial charge in [0.2, 0.25) is 5.91 Å². The number of thiophene rings is 1. The summed E-state index contributed by atoms with van der Waals surface area (Å²) in [5, 5.41) is 12.8. The zero-order valence-corrected chi connectivity index (χ0v) is 13.3. The number of rotatable bonds is 4. The predicted octanol–water partition coefficient (Wildman–Crippen LogP) is 2.20. The number of hydrogen-bond acceptors (Lipinski definition) is 4. The molecule has 0 aliphatic carbocycles. The molecule has 3 aliphatic rings. The second kappa shape index (κ2) is 6.48. The monoisotopic (exact) mass is 326 g/mol. The largest absolute Gasteiger partial charge is 0.386 e. The van der Waals surface area contributed by atoms with Gasteiger partial charge >= 0.3 is 0 Å². The number of carbonyl (C=O) groups is 1. The summed E-state index contributed by atoms with van der Waals surface area (Å²) in [7, 11) is 0. The average Bonchev–Trinajstić information content (AvgIpc) is 2.93. The second-order valence-electron chi connectivity index (χ2n) is 5.67. The van der Waals surface area contributed by atoms with Gasteiger partial charge in [0.1, 0.15) is 6.10 Å². The standard InChI is InChI=1S/C15H19ClN2O2S/c16-14-2-1-13(21-14)12(19)8-17-15(20)7-11-9-18-5-3-10(11)4-6-18/h1-2,7,10,12,19H,3-6,8-9H2,(H,17,20)/b11-7-. The van der Waals surface area contributed by atoms with Gasteiger partial charge < -0.3 is 10.4 Å². The number of amides is 1. The molecule has 3 aliphatic heterocycles. The van der Waals surface area contributed by atoms with Gasteiger partial charge in [-0.15, -0.1) is 11.3 Å². The zero-order valence-electron chi connectivity index (χ0n) is 11.7. The summed E-state index contributed by atoms with van der Waals surface area (Å²) in [4.78, 5) is 15.2. The minimum Gasteiger partial charge on any atom is -0.386 e. The normalized spacial score (nSPS) is 27.8. The van der Waals surface area contributed by atoms with Gasteiger partial charge in [-0.2, -0.15) is 0 Å². The molecule has 114 valence electrons. The van der Waals surface area contributed by atoms with E-state index in [1.165, 1.54) is 16.9 Å². The Bertz CT molecular complexity index is 550. The molecule has 0 spiro atoms. The number of piperidine rings is 3. The maximum Gasteiger partial charge on any atom is 0.244 e. The molecule has 4 nitrogen and oxygen atoms in total. The van der Waals surface area contributed by atoms with Crippen LogP contribution in [0.4, 0.5) is 0 Å². The number of halogens is 1. The number of hydrogen-bond donors (Lipinski definition) is 2.